The van der Waals surface area contributed by atoms with Crippen LogP contribution in [0.4, 0.5) is 0 Å². The van der Waals surface area contributed by atoms with Gasteiger partial charge in [0.15, 0.2) is 0 Å². The zero-order valence-corrected chi connectivity index (χ0v) is 12.3. The number of pyridine rings is 1. The molecule has 0 aromatic carbocycles. The average molecular weight is 252 g/mol. The van der Waals surface area contributed by atoms with Gasteiger partial charge in [-0.05, 0) is 12.1 Å². The van der Waals surface area contributed by atoms with Gasteiger partial charge in [0.1, 0.15) is 7.22 Å². The van der Waals surface area contributed by atoms with E-state index in [-0.39, 0.29) is 0 Å². The second kappa shape index (κ2) is 6.20. The highest BCUT2D eigenvalue weighted by Gasteiger charge is 2.17. The average Bonchev–Trinajstić information content (AvgIpc) is 2.16. The van der Waals surface area contributed by atoms with Gasteiger partial charge in [-0.15, -0.1) is 0 Å². The lowest BCUT2D eigenvalue weighted by atomic mass is 10.4. The maximum absolute atomic E-state index is 4.44. The Labute approximate surface area is 103 Å². The summed E-state index contributed by atoms with van der Waals surface area (Å²) in [5, 5.41) is 0.603. The molecule has 2 nitrogen and oxygen atoms in total. The van der Waals surface area contributed by atoms with Gasteiger partial charge in [-0.25, -0.2) is 0 Å². The Morgan fingerprint density at radius 2 is 2.19 bits per heavy atom. The molecular weight excluding hydrogens is 232 g/mol. The molecule has 1 aromatic rings. The van der Waals surface area contributed by atoms with Gasteiger partial charge in [0.25, 0.3) is 0 Å². The molecule has 0 fully saturated rings. The van der Waals surface area contributed by atoms with Crippen LogP contribution in [-0.4, -0.2) is 30.2 Å². The summed E-state index contributed by atoms with van der Waals surface area (Å²) in [5.74, 6) is 0. The maximum Gasteiger partial charge on any atom is 0.108 e. The van der Waals surface area contributed by atoms with E-state index in [2.05, 4.69) is 47.8 Å². The van der Waals surface area contributed by atoms with Crippen molar-refractivity contribution in [1.29, 1.82) is 0 Å². The minimum absolute atomic E-state index is 0.603. The van der Waals surface area contributed by atoms with Crippen LogP contribution >= 0.6 is 11.2 Å². The van der Waals surface area contributed by atoms with Gasteiger partial charge in [0.05, 0.1) is 12.2 Å². The monoisotopic (exact) mass is 252 g/mol. The fraction of sp³-hybridized carbons (Fsp3) is 0.500. The van der Waals surface area contributed by atoms with E-state index >= 15 is 0 Å². The first kappa shape index (κ1) is 13.5. The van der Waals surface area contributed by atoms with Gasteiger partial charge >= 0.3 is 0 Å². The molecule has 0 spiro atoms. The van der Waals surface area contributed by atoms with Crippen molar-refractivity contribution in [3.63, 3.8) is 0 Å². The molecule has 0 aliphatic heterocycles. The van der Waals surface area contributed by atoms with Crippen molar-refractivity contribution in [1.82, 2.24) is 4.98 Å². The number of hydrogen-bond donors (Lipinski definition) is 0. The Kier molecular flexibility index (Phi) is 5.22. The third-order valence-electron chi connectivity index (χ3n) is 1.83. The summed E-state index contributed by atoms with van der Waals surface area (Å²) in [6.07, 6.45) is 3.66. The van der Waals surface area contributed by atoms with Crippen LogP contribution in [0.2, 0.25) is 19.6 Å². The van der Waals surface area contributed by atoms with Gasteiger partial charge in [0.2, 0.25) is 0 Å². The highest BCUT2D eigenvalue weighted by Crippen LogP contribution is 2.24. The molecule has 4 heteroatoms. The van der Waals surface area contributed by atoms with Crippen LogP contribution in [-0.2, 0) is 0 Å². The highest BCUT2D eigenvalue weighted by molar-refractivity contribution is 8.29. The van der Waals surface area contributed by atoms with Crippen molar-refractivity contribution in [3.05, 3.63) is 30.1 Å². The van der Waals surface area contributed by atoms with E-state index < -0.39 is 7.22 Å². The fourth-order valence-electron chi connectivity index (χ4n) is 1.39. The zero-order valence-electron chi connectivity index (χ0n) is 10.5. The van der Waals surface area contributed by atoms with E-state index in [4.69, 9.17) is 0 Å². The smallest absolute Gasteiger partial charge is 0.108 e. The number of aliphatic imine (C=N–C) groups is 1. The van der Waals surface area contributed by atoms with Gasteiger partial charge in [-0.2, -0.15) is 11.2 Å². The summed E-state index contributed by atoms with van der Waals surface area (Å²) in [5.41, 5.74) is 0.938. The lowest BCUT2D eigenvalue weighted by molar-refractivity contribution is 0.960. The second-order valence-electron chi connectivity index (χ2n) is 4.79. The summed E-state index contributed by atoms with van der Waals surface area (Å²) < 4.78 is 0. The normalized spacial score (nSPS) is 14.2. The molecule has 1 heterocycles. The van der Waals surface area contributed by atoms with Crippen LogP contribution in [0.25, 0.3) is 0 Å². The van der Waals surface area contributed by atoms with Crippen molar-refractivity contribution in [2.45, 2.75) is 31.8 Å². The molecule has 1 aromatic heterocycles. The third kappa shape index (κ3) is 6.08. The SMILES string of the molecule is CC(CN=Cc1ccccn1)S[Si](C)(C)C. The molecule has 0 N–H and O–H groups in total. The van der Waals surface area contributed by atoms with E-state index in [0.29, 0.717) is 5.25 Å². The van der Waals surface area contributed by atoms with E-state index in [1.54, 1.807) is 6.20 Å². The second-order valence-corrected chi connectivity index (χ2v) is 14.4. The lowest BCUT2D eigenvalue weighted by Gasteiger charge is -2.19. The molecular formula is C12H20N2SSi. The van der Waals surface area contributed by atoms with Crippen molar-refractivity contribution >= 4 is 24.6 Å². The largest absolute Gasteiger partial charge is 0.290 e. The highest BCUT2D eigenvalue weighted by atomic mass is 32.4. The van der Waals surface area contributed by atoms with Crippen molar-refractivity contribution in [3.8, 4) is 0 Å². The Balaban J connectivity index is 2.37. The predicted octanol–water partition coefficient (Wildman–Crippen LogP) is 3.46. The molecule has 0 aliphatic rings. The zero-order chi connectivity index (χ0) is 12.0. The van der Waals surface area contributed by atoms with Crippen LogP contribution < -0.4 is 0 Å². The Morgan fingerprint density at radius 3 is 2.75 bits per heavy atom. The molecule has 1 atom stereocenters. The minimum atomic E-state index is -1.02. The third-order valence-corrected chi connectivity index (χ3v) is 6.42. The van der Waals surface area contributed by atoms with Gasteiger partial charge in [-0.3, -0.25) is 9.98 Å². The quantitative estimate of drug-likeness (QED) is 0.592. The molecule has 0 radical (unpaired) electrons. The van der Waals surface area contributed by atoms with Crippen LogP contribution in [0, 0.1) is 0 Å². The molecule has 1 unspecified atom stereocenters. The van der Waals surface area contributed by atoms with E-state index in [0.717, 1.165) is 12.2 Å². The Morgan fingerprint density at radius 1 is 1.44 bits per heavy atom. The number of hydrogen-bond acceptors (Lipinski definition) is 3. The standard InChI is InChI=1S/C12H20N2SSi/c1-11(15-16(2,3)4)9-13-10-12-7-5-6-8-14-12/h5-8,10-11H,9H2,1-4H3. The summed E-state index contributed by atoms with van der Waals surface area (Å²) in [6.45, 7) is 10.2. The summed E-state index contributed by atoms with van der Waals surface area (Å²) in [4.78, 5) is 8.64. The molecule has 0 saturated heterocycles. The summed E-state index contributed by atoms with van der Waals surface area (Å²) in [7, 11) is -1.02. The van der Waals surface area contributed by atoms with Crippen LogP contribution in [0.15, 0.2) is 29.4 Å². The molecule has 0 aliphatic carbocycles. The van der Waals surface area contributed by atoms with E-state index in [1.165, 1.54) is 0 Å². The first-order valence-electron chi connectivity index (χ1n) is 5.56. The van der Waals surface area contributed by atoms with Crippen LogP contribution in [0.5, 0.6) is 0 Å². The number of nitrogens with zero attached hydrogens (tertiary/aromatic N) is 2. The maximum atomic E-state index is 4.44. The Bertz CT molecular complexity index is 333. The molecule has 0 bridgehead atoms. The van der Waals surface area contributed by atoms with Crippen LogP contribution in [0.3, 0.4) is 0 Å². The van der Waals surface area contributed by atoms with Gasteiger partial charge < -0.3 is 0 Å². The van der Waals surface area contributed by atoms with E-state index in [9.17, 15) is 0 Å². The number of aromatic nitrogens is 1. The molecule has 88 valence electrons. The molecule has 0 saturated carbocycles. The molecule has 0 amide bonds. The first-order valence-corrected chi connectivity index (χ1v) is 10.7. The topological polar surface area (TPSA) is 25.2 Å². The fourth-order valence-corrected chi connectivity index (χ4v) is 6.60. The van der Waals surface area contributed by atoms with Crippen LogP contribution in [0.1, 0.15) is 12.6 Å². The minimum Gasteiger partial charge on any atom is -0.290 e. The predicted molar refractivity (Wildman–Crippen MR) is 77.1 cm³/mol. The molecule has 1 rings (SSSR count). The van der Waals surface area contributed by atoms with Crippen molar-refractivity contribution in [2.75, 3.05) is 6.54 Å². The lowest BCUT2D eigenvalue weighted by Crippen LogP contribution is -2.20. The summed E-state index contributed by atoms with van der Waals surface area (Å²) >= 11 is 2.10. The van der Waals surface area contributed by atoms with Crippen molar-refractivity contribution in [2.24, 2.45) is 4.99 Å². The van der Waals surface area contributed by atoms with Gasteiger partial charge in [-0.1, -0.05) is 32.6 Å². The first-order chi connectivity index (χ1) is 7.47. The van der Waals surface area contributed by atoms with E-state index in [1.807, 2.05) is 24.4 Å². The van der Waals surface area contributed by atoms with Gasteiger partial charge in [0, 0.05) is 17.7 Å². The summed E-state index contributed by atoms with van der Waals surface area (Å²) in [6, 6.07) is 5.87. The molecule has 16 heavy (non-hydrogen) atoms. The number of rotatable bonds is 5. The van der Waals surface area contributed by atoms with Crippen molar-refractivity contribution < 1.29 is 0 Å². The Hall–Kier alpha value is -0.613.